The highest BCUT2D eigenvalue weighted by Gasteiger charge is 2.15. The van der Waals surface area contributed by atoms with Gasteiger partial charge < -0.3 is 15.2 Å². The van der Waals surface area contributed by atoms with Gasteiger partial charge in [-0.25, -0.2) is 4.79 Å². The quantitative estimate of drug-likeness (QED) is 0.844. The lowest BCUT2D eigenvalue weighted by Gasteiger charge is -2.22. The number of hydrogen-bond acceptors (Lipinski definition) is 4. The fourth-order valence-corrected chi connectivity index (χ4v) is 1.93. The first kappa shape index (κ1) is 13.5. The molecule has 6 nitrogen and oxygen atoms in total. The third kappa shape index (κ3) is 3.75. The number of aromatic nitrogens is 1. The number of hydrogen-bond donors (Lipinski definition) is 2. The lowest BCUT2D eigenvalue weighted by Crippen LogP contribution is -2.32. The SMILES string of the molecule is O=C(O)c1ccc(C(=O)NCC2CCOCC2)nc1. The van der Waals surface area contributed by atoms with Crippen LogP contribution in [-0.2, 0) is 4.74 Å². The van der Waals surface area contributed by atoms with E-state index in [4.69, 9.17) is 9.84 Å². The van der Waals surface area contributed by atoms with Crippen molar-refractivity contribution < 1.29 is 19.4 Å². The van der Waals surface area contributed by atoms with Crippen molar-refractivity contribution >= 4 is 11.9 Å². The molecule has 0 radical (unpaired) electrons. The van der Waals surface area contributed by atoms with Crippen LogP contribution >= 0.6 is 0 Å². The van der Waals surface area contributed by atoms with Gasteiger partial charge >= 0.3 is 5.97 Å². The van der Waals surface area contributed by atoms with E-state index in [9.17, 15) is 9.59 Å². The molecule has 0 atom stereocenters. The van der Waals surface area contributed by atoms with Gasteiger partial charge in [0.2, 0.25) is 0 Å². The first-order valence-corrected chi connectivity index (χ1v) is 6.22. The summed E-state index contributed by atoms with van der Waals surface area (Å²) >= 11 is 0. The van der Waals surface area contributed by atoms with E-state index in [1.807, 2.05) is 0 Å². The average molecular weight is 264 g/mol. The minimum atomic E-state index is -1.05. The van der Waals surface area contributed by atoms with Crippen LogP contribution in [0.5, 0.6) is 0 Å². The summed E-state index contributed by atoms with van der Waals surface area (Å²) in [6, 6.07) is 2.79. The first-order valence-electron chi connectivity index (χ1n) is 6.22. The highest BCUT2D eigenvalue weighted by atomic mass is 16.5. The Morgan fingerprint density at radius 1 is 1.37 bits per heavy atom. The molecule has 0 aliphatic carbocycles. The van der Waals surface area contributed by atoms with Gasteiger partial charge in [0, 0.05) is 26.0 Å². The van der Waals surface area contributed by atoms with Gasteiger partial charge in [0.15, 0.2) is 0 Å². The molecule has 1 fully saturated rings. The monoisotopic (exact) mass is 264 g/mol. The molecule has 19 heavy (non-hydrogen) atoms. The summed E-state index contributed by atoms with van der Waals surface area (Å²) in [5, 5.41) is 11.5. The van der Waals surface area contributed by atoms with Crippen LogP contribution in [0.4, 0.5) is 0 Å². The van der Waals surface area contributed by atoms with Crippen LogP contribution in [0.25, 0.3) is 0 Å². The fourth-order valence-electron chi connectivity index (χ4n) is 1.93. The number of pyridine rings is 1. The van der Waals surface area contributed by atoms with E-state index < -0.39 is 5.97 Å². The normalized spacial score (nSPS) is 16.0. The van der Waals surface area contributed by atoms with Crippen LogP contribution in [-0.4, -0.2) is 41.7 Å². The third-order valence-electron chi connectivity index (χ3n) is 3.14. The third-order valence-corrected chi connectivity index (χ3v) is 3.14. The molecule has 102 valence electrons. The Kier molecular flexibility index (Phi) is 4.46. The molecule has 1 aliphatic heterocycles. The predicted octanol–water partition coefficient (Wildman–Crippen LogP) is 0.936. The second-order valence-electron chi connectivity index (χ2n) is 4.50. The molecule has 2 heterocycles. The van der Waals surface area contributed by atoms with E-state index in [1.165, 1.54) is 18.3 Å². The summed E-state index contributed by atoms with van der Waals surface area (Å²) in [7, 11) is 0. The number of carbonyl (C=O) groups is 2. The maximum Gasteiger partial charge on any atom is 0.337 e. The zero-order valence-electron chi connectivity index (χ0n) is 10.5. The highest BCUT2D eigenvalue weighted by molar-refractivity contribution is 5.93. The Morgan fingerprint density at radius 3 is 2.68 bits per heavy atom. The van der Waals surface area contributed by atoms with E-state index >= 15 is 0 Å². The van der Waals surface area contributed by atoms with Gasteiger partial charge in [0.25, 0.3) is 5.91 Å². The molecule has 1 aromatic heterocycles. The molecule has 0 unspecified atom stereocenters. The molecule has 0 bridgehead atoms. The Hall–Kier alpha value is -1.95. The predicted molar refractivity (Wildman–Crippen MR) is 67.1 cm³/mol. The molecule has 0 spiro atoms. The molecule has 1 aliphatic rings. The van der Waals surface area contributed by atoms with E-state index in [2.05, 4.69) is 10.3 Å². The van der Waals surface area contributed by atoms with Gasteiger partial charge in [-0.2, -0.15) is 0 Å². The molecule has 0 saturated carbocycles. The van der Waals surface area contributed by atoms with Crippen molar-refractivity contribution in [3.63, 3.8) is 0 Å². The second kappa shape index (κ2) is 6.29. The van der Waals surface area contributed by atoms with Crippen molar-refractivity contribution in [1.29, 1.82) is 0 Å². The van der Waals surface area contributed by atoms with Crippen LogP contribution in [0, 0.1) is 5.92 Å². The van der Waals surface area contributed by atoms with Crippen molar-refractivity contribution in [3.8, 4) is 0 Å². The van der Waals surface area contributed by atoms with Gasteiger partial charge in [0.05, 0.1) is 5.56 Å². The number of amides is 1. The number of ether oxygens (including phenoxy) is 1. The highest BCUT2D eigenvalue weighted by Crippen LogP contribution is 2.13. The van der Waals surface area contributed by atoms with Crippen molar-refractivity contribution in [2.45, 2.75) is 12.8 Å². The number of rotatable bonds is 4. The molecule has 1 saturated heterocycles. The smallest absolute Gasteiger partial charge is 0.337 e. The number of carboxylic acids is 1. The maximum atomic E-state index is 11.8. The lowest BCUT2D eigenvalue weighted by atomic mass is 10.0. The first-order chi connectivity index (χ1) is 9.16. The fraction of sp³-hybridized carbons (Fsp3) is 0.462. The lowest BCUT2D eigenvalue weighted by molar-refractivity contribution is 0.0642. The molecule has 1 amide bonds. The van der Waals surface area contributed by atoms with Crippen LogP contribution in [0.15, 0.2) is 18.3 Å². The topological polar surface area (TPSA) is 88.5 Å². The van der Waals surface area contributed by atoms with Crippen molar-refractivity contribution in [1.82, 2.24) is 10.3 Å². The van der Waals surface area contributed by atoms with Crippen LogP contribution in [0.1, 0.15) is 33.7 Å². The van der Waals surface area contributed by atoms with Crippen LogP contribution < -0.4 is 5.32 Å². The molecular formula is C13H16N2O4. The summed E-state index contributed by atoms with van der Waals surface area (Å²) < 4.78 is 5.25. The van der Waals surface area contributed by atoms with E-state index in [0.29, 0.717) is 12.5 Å². The van der Waals surface area contributed by atoms with Gasteiger partial charge in [-0.1, -0.05) is 0 Å². The van der Waals surface area contributed by atoms with Gasteiger partial charge in [-0.3, -0.25) is 9.78 Å². The molecule has 1 aromatic rings. The van der Waals surface area contributed by atoms with E-state index in [-0.39, 0.29) is 17.2 Å². The molecule has 6 heteroatoms. The Morgan fingerprint density at radius 2 is 2.11 bits per heavy atom. The van der Waals surface area contributed by atoms with Gasteiger partial charge in [0.1, 0.15) is 5.69 Å². The maximum absolute atomic E-state index is 11.8. The number of nitrogens with zero attached hydrogens (tertiary/aromatic N) is 1. The van der Waals surface area contributed by atoms with E-state index in [1.54, 1.807) is 0 Å². The zero-order valence-corrected chi connectivity index (χ0v) is 10.5. The van der Waals surface area contributed by atoms with Crippen LogP contribution in [0.3, 0.4) is 0 Å². The Bertz CT molecular complexity index is 452. The zero-order chi connectivity index (χ0) is 13.7. The van der Waals surface area contributed by atoms with Crippen molar-refractivity contribution in [3.05, 3.63) is 29.6 Å². The molecule has 0 aromatic carbocycles. The number of aromatic carboxylic acids is 1. The van der Waals surface area contributed by atoms with Gasteiger partial charge in [-0.15, -0.1) is 0 Å². The average Bonchev–Trinajstić information content (AvgIpc) is 2.46. The molecule has 2 rings (SSSR count). The summed E-state index contributed by atoms with van der Waals surface area (Å²) in [5.74, 6) is -0.888. The molecule has 2 N–H and O–H groups in total. The molecular weight excluding hydrogens is 248 g/mol. The largest absolute Gasteiger partial charge is 0.478 e. The Labute approximate surface area is 110 Å². The second-order valence-corrected chi connectivity index (χ2v) is 4.50. The Balaban J connectivity index is 1.86. The van der Waals surface area contributed by atoms with Crippen molar-refractivity contribution in [2.75, 3.05) is 19.8 Å². The minimum absolute atomic E-state index is 0.0704. The summed E-state index contributed by atoms with van der Waals surface area (Å²) in [4.78, 5) is 26.3. The van der Waals surface area contributed by atoms with E-state index in [0.717, 1.165) is 26.1 Å². The van der Waals surface area contributed by atoms with Crippen molar-refractivity contribution in [2.24, 2.45) is 5.92 Å². The van der Waals surface area contributed by atoms with Gasteiger partial charge in [-0.05, 0) is 30.9 Å². The minimum Gasteiger partial charge on any atom is -0.478 e. The summed E-state index contributed by atoms with van der Waals surface area (Å²) in [5.41, 5.74) is 0.304. The van der Waals surface area contributed by atoms with Crippen LogP contribution in [0.2, 0.25) is 0 Å². The number of nitrogens with one attached hydrogen (secondary N) is 1. The summed E-state index contributed by atoms with van der Waals surface area (Å²) in [6.45, 7) is 2.09. The number of carboxylic acid groups (broad SMARTS) is 1. The number of carbonyl (C=O) groups excluding carboxylic acids is 1. The standard InChI is InChI=1S/C13H16N2O4/c16-12(15-7-9-3-5-19-6-4-9)11-2-1-10(8-14-11)13(17)18/h1-2,8-9H,3-7H2,(H,15,16)(H,17,18). The summed E-state index contributed by atoms with van der Waals surface area (Å²) in [6.07, 6.45) is 3.09.